The van der Waals surface area contributed by atoms with Crippen LogP contribution in [-0.2, 0) is 9.59 Å². The van der Waals surface area contributed by atoms with E-state index in [1.807, 2.05) is 36.4 Å². The van der Waals surface area contributed by atoms with Crippen molar-refractivity contribution in [3.8, 4) is 0 Å². The zero-order chi connectivity index (χ0) is 19.0. The molecule has 0 aromatic heterocycles. The van der Waals surface area contributed by atoms with Crippen LogP contribution in [-0.4, -0.2) is 17.8 Å². The van der Waals surface area contributed by atoms with E-state index in [4.69, 9.17) is 0 Å². The van der Waals surface area contributed by atoms with Gasteiger partial charge in [-0.1, -0.05) is 64.5 Å². The van der Waals surface area contributed by atoms with Gasteiger partial charge in [0.1, 0.15) is 5.57 Å². The number of halogens is 1. The molecule has 0 spiro atoms. The van der Waals surface area contributed by atoms with Crippen LogP contribution in [0.3, 0.4) is 0 Å². The maximum atomic E-state index is 13.0. The van der Waals surface area contributed by atoms with Gasteiger partial charge in [-0.2, -0.15) is 0 Å². The molecule has 1 N–H and O–H groups in total. The Morgan fingerprint density at radius 3 is 2.44 bits per heavy atom. The molecule has 1 aliphatic heterocycles. The molecule has 6 heteroatoms. The number of hydrogen-bond acceptors (Lipinski definition) is 3. The highest BCUT2D eigenvalue weighted by Crippen LogP contribution is 2.29. The number of fused-ring (bicyclic) bond motifs is 1. The third-order valence-electron chi connectivity index (χ3n) is 4.27. The summed E-state index contributed by atoms with van der Waals surface area (Å²) in [6.07, 6.45) is 1.48. The van der Waals surface area contributed by atoms with Crippen molar-refractivity contribution in [3.63, 3.8) is 0 Å². The van der Waals surface area contributed by atoms with Crippen LogP contribution in [0.2, 0.25) is 0 Å². The van der Waals surface area contributed by atoms with Gasteiger partial charge >= 0.3 is 6.03 Å². The first-order chi connectivity index (χ1) is 13.0. The van der Waals surface area contributed by atoms with Gasteiger partial charge in [0.25, 0.3) is 11.8 Å². The molecule has 4 amide bonds. The second-order valence-electron chi connectivity index (χ2n) is 6.01. The van der Waals surface area contributed by atoms with Crippen molar-refractivity contribution in [2.24, 2.45) is 0 Å². The Morgan fingerprint density at radius 2 is 1.63 bits per heavy atom. The predicted molar refractivity (Wildman–Crippen MR) is 107 cm³/mol. The topological polar surface area (TPSA) is 66.5 Å². The van der Waals surface area contributed by atoms with E-state index in [2.05, 4.69) is 21.2 Å². The molecule has 4 rings (SSSR count). The van der Waals surface area contributed by atoms with Crippen LogP contribution in [0.5, 0.6) is 0 Å². The van der Waals surface area contributed by atoms with E-state index in [9.17, 15) is 14.4 Å². The standard InChI is InChI=1S/C21H13BrN2O3/c22-15-8-3-5-13(11-15)12-17-19(25)23-21(27)24(20(17)26)18-10-4-7-14-6-1-2-9-16(14)18/h1-12H,(H,23,25,27)/b17-12-. The van der Waals surface area contributed by atoms with Crippen LogP contribution in [0.4, 0.5) is 10.5 Å². The Balaban J connectivity index is 1.83. The van der Waals surface area contributed by atoms with Gasteiger partial charge in [0.05, 0.1) is 5.69 Å². The van der Waals surface area contributed by atoms with Gasteiger partial charge in [0, 0.05) is 9.86 Å². The number of rotatable bonds is 2. The van der Waals surface area contributed by atoms with E-state index in [-0.39, 0.29) is 5.57 Å². The maximum Gasteiger partial charge on any atom is 0.335 e. The van der Waals surface area contributed by atoms with Gasteiger partial charge < -0.3 is 0 Å². The van der Waals surface area contributed by atoms with Gasteiger partial charge in [-0.25, -0.2) is 9.69 Å². The smallest absolute Gasteiger partial charge is 0.273 e. The van der Waals surface area contributed by atoms with Crippen LogP contribution in [0.1, 0.15) is 5.56 Å². The summed E-state index contributed by atoms with van der Waals surface area (Å²) in [7, 11) is 0. The third kappa shape index (κ3) is 3.15. The van der Waals surface area contributed by atoms with E-state index >= 15 is 0 Å². The molecule has 132 valence electrons. The number of nitrogens with zero attached hydrogens (tertiary/aromatic N) is 1. The number of anilines is 1. The highest BCUT2D eigenvalue weighted by molar-refractivity contribution is 9.10. The highest BCUT2D eigenvalue weighted by Gasteiger charge is 2.37. The lowest BCUT2D eigenvalue weighted by Crippen LogP contribution is -2.54. The average Bonchev–Trinajstić information content (AvgIpc) is 2.65. The van der Waals surface area contributed by atoms with Gasteiger partial charge in [0.15, 0.2) is 0 Å². The van der Waals surface area contributed by atoms with E-state index in [0.717, 1.165) is 20.1 Å². The second-order valence-corrected chi connectivity index (χ2v) is 6.93. The van der Waals surface area contributed by atoms with Crippen LogP contribution in [0, 0.1) is 0 Å². The van der Waals surface area contributed by atoms with Crippen molar-refractivity contribution in [2.45, 2.75) is 0 Å². The summed E-state index contributed by atoms with van der Waals surface area (Å²) in [5.74, 6) is -1.36. The molecule has 1 fully saturated rings. The Labute approximate surface area is 163 Å². The summed E-state index contributed by atoms with van der Waals surface area (Å²) in [6.45, 7) is 0. The van der Waals surface area contributed by atoms with Gasteiger partial charge in [-0.05, 0) is 35.2 Å². The molecule has 1 heterocycles. The van der Waals surface area contributed by atoms with Crippen molar-refractivity contribution in [3.05, 3.63) is 82.3 Å². The largest absolute Gasteiger partial charge is 0.335 e. The maximum absolute atomic E-state index is 13.0. The third-order valence-corrected chi connectivity index (χ3v) is 4.76. The summed E-state index contributed by atoms with van der Waals surface area (Å²) in [5, 5.41) is 3.90. The van der Waals surface area contributed by atoms with Crippen molar-refractivity contribution in [2.75, 3.05) is 4.90 Å². The fourth-order valence-corrected chi connectivity index (χ4v) is 3.46. The first-order valence-corrected chi connectivity index (χ1v) is 8.99. The molecule has 0 bridgehead atoms. The van der Waals surface area contributed by atoms with E-state index in [1.165, 1.54) is 6.08 Å². The Bertz CT molecular complexity index is 1130. The molecule has 0 unspecified atom stereocenters. The lowest BCUT2D eigenvalue weighted by atomic mass is 10.0. The SMILES string of the molecule is O=C1NC(=O)N(c2cccc3ccccc23)C(=O)/C1=C\c1cccc(Br)c1. The van der Waals surface area contributed by atoms with Crippen LogP contribution >= 0.6 is 15.9 Å². The minimum atomic E-state index is -0.757. The molecule has 3 aromatic carbocycles. The monoisotopic (exact) mass is 420 g/mol. The number of nitrogens with one attached hydrogen (secondary N) is 1. The first kappa shape index (κ1) is 17.2. The Hall–Kier alpha value is -3.25. The number of imide groups is 2. The predicted octanol–water partition coefficient (Wildman–Crippen LogP) is 4.27. The summed E-state index contributed by atoms with van der Waals surface area (Å²) < 4.78 is 0.822. The van der Waals surface area contributed by atoms with Crippen molar-refractivity contribution >= 4 is 56.3 Å². The van der Waals surface area contributed by atoms with E-state index in [1.54, 1.807) is 30.3 Å². The molecular formula is C21H13BrN2O3. The molecule has 0 atom stereocenters. The highest BCUT2D eigenvalue weighted by atomic mass is 79.9. The van der Waals surface area contributed by atoms with Crippen LogP contribution in [0.15, 0.2) is 76.8 Å². The lowest BCUT2D eigenvalue weighted by Gasteiger charge is -2.27. The Morgan fingerprint density at radius 1 is 0.889 bits per heavy atom. The molecular weight excluding hydrogens is 408 g/mol. The summed E-state index contributed by atoms with van der Waals surface area (Å²) in [6, 6.07) is 19.2. The molecule has 3 aromatic rings. The summed E-state index contributed by atoms with van der Waals surface area (Å²) >= 11 is 3.36. The first-order valence-electron chi connectivity index (χ1n) is 8.19. The van der Waals surface area contributed by atoms with Crippen LogP contribution in [0.25, 0.3) is 16.8 Å². The number of carbonyl (C=O) groups is 3. The quantitative estimate of drug-likeness (QED) is 0.497. The van der Waals surface area contributed by atoms with Crippen molar-refractivity contribution in [1.29, 1.82) is 0 Å². The number of urea groups is 1. The van der Waals surface area contributed by atoms with E-state index in [0.29, 0.717) is 11.3 Å². The fraction of sp³-hybridized carbons (Fsp3) is 0. The Kier molecular flexibility index (Phi) is 4.33. The molecule has 1 saturated heterocycles. The summed E-state index contributed by atoms with van der Waals surface area (Å²) in [5.41, 5.74) is 1.01. The molecule has 0 radical (unpaired) electrons. The molecule has 0 saturated carbocycles. The minimum Gasteiger partial charge on any atom is -0.273 e. The van der Waals surface area contributed by atoms with E-state index < -0.39 is 17.8 Å². The number of hydrogen-bond donors (Lipinski definition) is 1. The molecule has 5 nitrogen and oxygen atoms in total. The number of benzene rings is 3. The molecule has 27 heavy (non-hydrogen) atoms. The molecule has 0 aliphatic carbocycles. The normalized spacial score (nSPS) is 16.1. The minimum absolute atomic E-state index is 0.0966. The average molecular weight is 421 g/mol. The van der Waals surface area contributed by atoms with Crippen molar-refractivity contribution < 1.29 is 14.4 Å². The summed E-state index contributed by atoms with van der Waals surface area (Å²) in [4.78, 5) is 38.8. The van der Waals surface area contributed by atoms with Gasteiger partial charge in [-0.3, -0.25) is 14.9 Å². The molecule has 1 aliphatic rings. The zero-order valence-corrected chi connectivity index (χ0v) is 15.6. The number of amides is 4. The van der Waals surface area contributed by atoms with Gasteiger partial charge in [0.2, 0.25) is 0 Å². The van der Waals surface area contributed by atoms with Gasteiger partial charge in [-0.15, -0.1) is 0 Å². The van der Waals surface area contributed by atoms with Crippen molar-refractivity contribution in [1.82, 2.24) is 5.32 Å². The zero-order valence-electron chi connectivity index (χ0n) is 14.0. The lowest BCUT2D eigenvalue weighted by molar-refractivity contribution is -0.122. The number of carbonyl (C=O) groups excluding carboxylic acids is 3. The second kappa shape index (κ2) is 6.81. The number of barbiturate groups is 1. The van der Waals surface area contributed by atoms with Crippen LogP contribution < -0.4 is 10.2 Å². The fourth-order valence-electron chi connectivity index (χ4n) is 3.04.